The molecule has 1 saturated heterocycles. The maximum absolute atomic E-state index is 12.7. The van der Waals surface area contributed by atoms with Crippen molar-refractivity contribution in [2.24, 2.45) is 5.73 Å². The van der Waals surface area contributed by atoms with E-state index in [1.54, 1.807) is 38.1 Å². The highest BCUT2D eigenvalue weighted by molar-refractivity contribution is 5.71. The molecule has 2 aromatic carbocycles. The lowest BCUT2D eigenvalue weighted by Gasteiger charge is -2.43. The third kappa shape index (κ3) is 6.30. The van der Waals surface area contributed by atoms with Crippen LogP contribution in [0, 0.1) is 0 Å². The Labute approximate surface area is 205 Å². The first kappa shape index (κ1) is 26.5. The molecule has 0 saturated carbocycles. The van der Waals surface area contributed by atoms with Crippen LogP contribution in [0.15, 0.2) is 60.7 Å². The van der Waals surface area contributed by atoms with Crippen molar-refractivity contribution in [2.75, 3.05) is 13.1 Å². The molecule has 2 amide bonds. The SMILES string of the molecule is CC(O)C(N)(Cc1ccccc1)N(CC(O)C(Cc1ccccc1)N1CC(C)(C)OC1=O)C(=O)O. The van der Waals surface area contributed by atoms with E-state index in [9.17, 15) is 24.9 Å². The molecule has 4 atom stereocenters. The van der Waals surface area contributed by atoms with Gasteiger partial charge in [-0.25, -0.2) is 9.59 Å². The summed E-state index contributed by atoms with van der Waals surface area (Å²) >= 11 is 0. The molecule has 1 aliphatic rings. The number of cyclic esters (lactones) is 1. The summed E-state index contributed by atoms with van der Waals surface area (Å²) in [4.78, 5) is 27.4. The lowest BCUT2D eigenvalue weighted by atomic mass is 9.92. The fourth-order valence-corrected chi connectivity index (χ4v) is 4.49. The molecule has 9 heteroatoms. The summed E-state index contributed by atoms with van der Waals surface area (Å²) in [7, 11) is 0. The van der Waals surface area contributed by atoms with Gasteiger partial charge in [-0.3, -0.25) is 9.80 Å². The Hall–Kier alpha value is -3.14. The second-order valence-electron chi connectivity index (χ2n) is 9.80. The first-order valence-electron chi connectivity index (χ1n) is 11.7. The fraction of sp³-hybridized carbons (Fsp3) is 0.462. The standard InChI is InChI=1S/C26H35N3O6/c1-18(30)26(27,15-20-12-8-5-9-13-20)29(23(32)33)16-22(31)21(14-19-10-6-4-7-11-19)28-17-25(2,3)35-24(28)34/h4-13,18,21-22,30-31H,14-17,27H2,1-3H3,(H,32,33). The molecule has 0 bridgehead atoms. The smallest absolute Gasteiger partial charge is 0.410 e. The van der Waals surface area contributed by atoms with Crippen molar-refractivity contribution in [1.82, 2.24) is 9.80 Å². The van der Waals surface area contributed by atoms with E-state index in [4.69, 9.17) is 10.5 Å². The minimum atomic E-state index is -1.71. The van der Waals surface area contributed by atoms with Crippen LogP contribution < -0.4 is 5.73 Å². The maximum Gasteiger partial charge on any atom is 0.410 e. The van der Waals surface area contributed by atoms with Crippen LogP contribution in [0.1, 0.15) is 31.9 Å². The average Bonchev–Trinajstić information content (AvgIpc) is 3.08. The van der Waals surface area contributed by atoms with E-state index in [1.807, 2.05) is 36.4 Å². The minimum Gasteiger partial charge on any atom is -0.465 e. The van der Waals surface area contributed by atoms with E-state index < -0.39 is 48.2 Å². The van der Waals surface area contributed by atoms with Crippen molar-refractivity contribution in [3.63, 3.8) is 0 Å². The van der Waals surface area contributed by atoms with Crippen LogP contribution in [-0.2, 0) is 17.6 Å². The van der Waals surface area contributed by atoms with Gasteiger partial charge in [0.25, 0.3) is 0 Å². The van der Waals surface area contributed by atoms with Gasteiger partial charge in [-0.2, -0.15) is 0 Å². The number of carbonyl (C=O) groups is 2. The Morgan fingerprint density at radius 2 is 1.66 bits per heavy atom. The average molecular weight is 486 g/mol. The van der Waals surface area contributed by atoms with E-state index in [0.717, 1.165) is 16.0 Å². The number of rotatable bonds is 10. The van der Waals surface area contributed by atoms with Gasteiger partial charge >= 0.3 is 12.2 Å². The zero-order valence-electron chi connectivity index (χ0n) is 20.4. The van der Waals surface area contributed by atoms with Crippen molar-refractivity contribution >= 4 is 12.2 Å². The van der Waals surface area contributed by atoms with E-state index in [2.05, 4.69) is 0 Å². The maximum atomic E-state index is 12.7. The van der Waals surface area contributed by atoms with Crippen molar-refractivity contribution in [3.8, 4) is 0 Å². The molecule has 0 spiro atoms. The van der Waals surface area contributed by atoms with Gasteiger partial charge < -0.3 is 25.8 Å². The summed E-state index contributed by atoms with van der Waals surface area (Å²) in [5.41, 5.74) is 5.67. The van der Waals surface area contributed by atoms with Crippen molar-refractivity contribution in [3.05, 3.63) is 71.8 Å². The number of hydrogen-bond donors (Lipinski definition) is 4. The van der Waals surface area contributed by atoms with Crippen LogP contribution in [0.2, 0.25) is 0 Å². The van der Waals surface area contributed by atoms with Crippen LogP contribution in [0.5, 0.6) is 0 Å². The molecular formula is C26H35N3O6. The molecule has 190 valence electrons. The highest BCUT2D eigenvalue weighted by Gasteiger charge is 2.46. The number of carbonyl (C=O) groups excluding carboxylic acids is 1. The summed E-state index contributed by atoms with van der Waals surface area (Å²) in [6, 6.07) is 17.6. The van der Waals surface area contributed by atoms with Gasteiger partial charge in [0, 0.05) is 6.42 Å². The zero-order valence-corrected chi connectivity index (χ0v) is 20.4. The lowest BCUT2D eigenvalue weighted by molar-refractivity contribution is -0.0404. The molecule has 0 radical (unpaired) electrons. The number of aliphatic hydroxyl groups excluding tert-OH is 2. The van der Waals surface area contributed by atoms with Gasteiger partial charge in [-0.1, -0.05) is 60.7 Å². The Morgan fingerprint density at radius 1 is 1.11 bits per heavy atom. The number of aliphatic hydroxyl groups is 2. The summed E-state index contributed by atoms with van der Waals surface area (Å²) in [5, 5.41) is 32.0. The van der Waals surface area contributed by atoms with Crippen molar-refractivity contribution < 1.29 is 29.6 Å². The molecule has 4 unspecified atom stereocenters. The van der Waals surface area contributed by atoms with Gasteiger partial charge in [0.2, 0.25) is 0 Å². The normalized spacial score (nSPS) is 19.4. The largest absolute Gasteiger partial charge is 0.465 e. The number of carboxylic acid groups (broad SMARTS) is 1. The summed E-state index contributed by atoms with van der Waals surface area (Å²) in [5.74, 6) is 0. The number of nitrogens with zero attached hydrogens (tertiary/aromatic N) is 2. The van der Waals surface area contributed by atoms with E-state index >= 15 is 0 Å². The second-order valence-corrected chi connectivity index (χ2v) is 9.80. The Morgan fingerprint density at radius 3 is 2.11 bits per heavy atom. The zero-order chi connectivity index (χ0) is 25.8. The predicted octanol–water partition coefficient (Wildman–Crippen LogP) is 2.45. The summed E-state index contributed by atoms with van der Waals surface area (Å²) in [6.07, 6.45) is -4.18. The third-order valence-corrected chi connectivity index (χ3v) is 6.44. The van der Waals surface area contributed by atoms with Gasteiger partial charge in [0.15, 0.2) is 0 Å². The highest BCUT2D eigenvalue weighted by atomic mass is 16.6. The van der Waals surface area contributed by atoms with E-state index in [0.29, 0.717) is 0 Å². The summed E-state index contributed by atoms with van der Waals surface area (Å²) < 4.78 is 5.45. The van der Waals surface area contributed by atoms with Crippen molar-refractivity contribution in [2.45, 2.75) is 63.1 Å². The van der Waals surface area contributed by atoms with E-state index in [-0.39, 0.29) is 19.4 Å². The molecule has 1 heterocycles. The van der Waals surface area contributed by atoms with Gasteiger partial charge in [0.05, 0.1) is 31.3 Å². The molecule has 5 N–H and O–H groups in total. The second kappa shape index (κ2) is 10.6. The van der Waals surface area contributed by atoms with Crippen LogP contribution >= 0.6 is 0 Å². The van der Waals surface area contributed by atoms with E-state index in [1.165, 1.54) is 11.8 Å². The van der Waals surface area contributed by atoms with Crippen molar-refractivity contribution in [1.29, 1.82) is 0 Å². The molecular weight excluding hydrogens is 450 g/mol. The number of hydrogen-bond acceptors (Lipinski definition) is 6. The quantitative estimate of drug-likeness (QED) is 0.380. The minimum absolute atomic E-state index is 0.0344. The Bertz CT molecular complexity index is 1000. The first-order chi connectivity index (χ1) is 16.4. The number of amides is 2. The Kier molecular flexibility index (Phi) is 8.04. The van der Waals surface area contributed by atoms with Crippen LogP contribution in [0.4, 0.5) is 9.59 Å². The molecule has 1 aliphatic heterocycles. The predicted molar refractivity (Wildman–Crippen MR) is 131 cm³/mol. The van der Waals surface area contributed by atoms with Crippen LogP contribution in [-0.4, -0.2) is 79.9 Å². The first-order valence-corrected chi connectivity index (χ1v) is 11.7. The van der Waals surface area contributed by atoms with Gasteiger partial charge in [-0.05, 0) is 38.3 Å². The number of nitrogens with two attached hydrogens (primary N) is 1. The van der Waals surface area contributed by atoms with Gasteiger partial charge in [-0.15, -0.1) is 0 Å². The lowest BCUT2D eigenvalue weighted by Crippen LogP contribution is -2.68. The van der Waals surface area contributed by atoms with Crippen LogP contribution in [0.25, 0.3) is 0 Å². The molecule has 0 aliphatic carbocycles. The monoisotopic (exact) mass is 485 g/mol. The highest BCUT2D eigenvalue weighted by Crippen LogP contribution is 2.28. The Balaban J connectivity index is 1.91. The topological polar surface area (TPSA) is 137 Å². The molecule has 3 rings (SSSR count). The summed E-state index contributed by atoms with van der Waals surface area (Å²) in [6.45, 7) is 4.80. The molecule has 0 aromatic heterocycles. The fourth-order valence-electron chi connectivity index (χ4n) is 4.49. The van der Waals surface area contributed by atoms with Crippen LogP contribution in [0.3, 0.4) is 0 Å². The third-order valence-electron chi connectivity index (χ3n) is 6.44. The number of benzene rings is 2. The molecule has 9 nitrogen and oxygen atoms in total. The molecule has 35 heavy (non-hydrogen) atoms. The van der Waals surface area contributed by atoms with Gasteiger partial charge in [0.1, 0.15) is 11.3 Å². The molecule has 2 aromatic rings. The molecule has 1 fully saturated rings. The number of ether oxygens (including phenoxy) is 1.